The minimum atomic E-state index is -0.0523. The van der Waals surface area contributed by atoms with E-state index in [2.05, 4.69) is 26.0 Å². The SMILES string of the molecule is CN(C)c1nccnc1C1CN(Cc2cn(C)cn2)CCO1. The van der Waals surface area contributed by atoms with Crippen LogP contribution < -0.4 is 4.90 Å². The van der Waals surface area contributed by atoms with E-state index < -0.39 is 0 Å². The van der Waals surface area contributed by atoms with Gasteiger partial charge in [-0.15, -0.1) is 0 Å². The molecule has 0 amide bonds. The first-order chi connectivity index (χ1) is 10.6. The average Bonchev–Trinajstić information content (AvgIpc) is 2.92. The van der Waals surface area contributed by atoms with E-state index in [4.69, 9.17) is 4.74 Å². The Balaban J connectivity index is 1.73. The predicted octanol–water partition coefficient (Wildman–Crippen LogP) is 0.850. The monoisotopic (exact) mass is 302 g/mol. The van der Waals surface area contributed by atoms with Crippen LogP contribution in [0.2, 0.25) is 0 Å². The Labute approximate surface area is 130 Å². The summed E-state index contributed by atoms with van der Waals surface area (Å²) in [5.41, 5.74) is 1.98. The van der Waals surface area contributed by atoms with Crippen LogP contribution in [0, 0.1) is 0 Å². The summed E-state index contributed by atoms with van der Waals surface area (Å²) in [6.07, 6.45) is 7.28. The van der Waals surface area contributed by atoms with Crippen LogP contribution in [-0.2, 0) is 18.3 Å². The number of hydrogen-bond donors (Lipinski definition) is 0. The minimum Gasteiger partial charge on any atom is -0.369 e. The number of anilines is 1. The number of ether oxygens (including phenoxy) is 1. The zero-order chi connectivity index (χ0) is 15.5. The van der Waals surface area contributed by atoms with Gasteiger partial charge in [0.25, 0.3) is 0 Å². The smallest absolute Gasteiger partial charge is 0.152 e. The number of imidazole rings is 1. The number of aromatic nitrogens is 4. The molecular weight excluding hydrogens is 280 g/mol. The third kappa shape index (κ3) is 3.26. The van der Waals surface area contributed by atoms with Crippen molar-refractivity contribution in [3.8, 4) is 0 Å². The van der Waals surface area contributed by atoms with Crippen molar-refractivity contribution in [2.75, 3.05) is 38.7 Å². The molecule has 3 rings (SSSR count). The van der Waals surface area contributed by atoms with Crippen molar-refractivity contribution in [1.29, 1.82) is 0 Å². The van der Waals surface area contributed by atoms with Gasteiger partial charge in [-0.1, -0.05) is 0 Å². The summed E-state index contributed by atoms with van der Waals surface area (Å²) in [4.78, 5) is 17.6. The summed E-state index contributed by atoms with van der Waals surface area (Å²) < 4.78 is 7.90. The molecule has 0 N–H and O–H groups in total. The van der Waals surface area contributed by atoms with Crippen LogP contribution >= 0.6 is 0 Å². The second kappa shape index (κ2) is 6.41. The van der Waals surface area contributed by atoms with Crippen molar-refractivity contribution < 1.29 is 4.74 Å². The Bertz CT molecular complexity index is 626. The molecule has 1 fully saturated rings. The minimum absolute atomic E-state index is 0.0523. The van der Waals surface area contributed by atoms with E-state index in [1.165, 1.54) is 0 Å². The van der Waals surface area contributed by atoms with Crippen LogP contribution in [0.4, 0.5) is 5.82 Å². The van der Waals surface area contributed by atoms with Gasteiger partial charge in [-0.2, -0.15) is 0 Å². The highest BCUT2D eigenvalue weighted by atomic mass is 16.5. The lowest BCUT2D eigenvalue weighted by Gasteiger charge is -2.33. The maximum atomic E-state index is 5.93. The van der Waals surface area contributed by atoms with Crippen molar-refractivity contribution in [3.05, 3.63) is 36.3 Å². The molecule has 7 heteroatoms. The molecule has 1 aliphatic heterocycles. The molecule has 118 valence electrons. The van der Waals surface area contributed by atoms with Gasteiger partial charge in [0.15, 0.2) is 5.82 Å². The second-order valence-corrected chi connectivity index (χ2v) is 5.78. The maximum Gasteiger partial charge on any atom is 0.152 e. The zero-order valence-corrected chi connectivity index (χ0v) is 13.3. The molecule has 7 nitrogen and oxygen atoms in total. The average molecular weight is 302 g/mol. The molecule has 0 saturated carbocycles. The van der Waals surface area contributed by atoms with E-state index in [-0.39, 0.29) is 6.10 Å². The number of rotatable bonds is 4. The summed E-state index contributed by atoms with van der Waals surface area (Å²) in [6, 6.07) is 0. The second-order valence-electron chi connectivity index (χ2n) is 5.78. The quantitative estimate of drug-likeness (QED) is 0.834. The highest BCUT2D eigenvalue weighted by Gasteiger charge is 2.26. The molecule has 0 radical (unpaired) electrons. The first-order valence-electron chi connectivity index (χ1n) is 7.42. The summed E-state index contributed by atoms with van der Waals surface area (Å²) in [5.74, 6) is 0.868. The van der Waals surface area contributed by atoms with Crippen LogP contribution in [0.25, 0.3) is 0 Å². The molecule has 2 aromatic rings. The molecule has 22 heavy (non-hydrogen) atoms. The number of hydrogen-bond acceptors (Lipinski definition) is 6. The van der Waals surface area contributed by atoms with Crippen LogP contribution in [0.3, 0.4) is 0 Å². The third-order valence-corrected chi connectivity index (χ3v) is 3.73. The Morgan fingerprint density at radius 2 is 2.09 bits per heavy atom. The van der Waals surface area contributed by atoms with Gasteiger partial charge in [-0.3, -0.25) is 9.88 Å². The van der Waals surface area contributed by atoms with Crippen molar-refractivity contribution in [3.63, 3.8) is 0 Å². The van der Waals surface area contributed by atoms with Gasteiger partial charge in [-0.25, -0.2) is 9.97 Å². The van der Waals surface area contributed by atoms with Crippen molar-refractivity contribution in [2.45, 2.75) is 12.6 Å². The topological polar surface area (TPSA) is 59.3 Å². The molecule has 3 heterocycles. The van der Waals surface area contributed by atoms with Gasteiger partial charge in [0.1, 0.15) is 11.8 Å². The molecule has 2 aromatic heterocycles. The number of nitrogens with zero attached hydrogens (tertiary/aromatic N) is 6. The normalized spacial score (nSPS) is 19.3. The Kier molecular flexibility index (Phi) is 4.35. The van der Waals surface area contributed by atoms with Gasteiger partial charge in [0, 0.05) is 59.4 Å². The lowest BCUT2D eigenvalue weighted by molar-refractivity contribution is -0.0351. The number of aryl methyl sites for hydroxylation is 1. The Morgan fingerprint density at radius 1 is 1.27 bits per heavy atom. The summed E-state index contributed by atoms with van der Waals surface area (Å²) in [6.45, 7) is 3.24. The highest BCUT2D eigenvalue weighted by molar-refractivity contribution is 5.42. The van der Waals surface area contributed by atoms with E-state index in [0.717, 1.165) is 36.8 Å². The van der Waals surface area contributed by atoms with Gasteiger partial charge in [0.05, 0.1) is 18.6 Å². The summed E-state index contributed by atoms with van der Waals surface area (Å²) >= 11 is 0. The largest absolute Gasteiger partial charge is 0.369 e. The van der Waals surface area contributed by atoms with Crippen molar-refractivity contribution >= 4 is 5.82 Å². The van der Waals surface area contributed by atoms with Gasteiger partial charge < -0.3 is 14.2 Å². The van der Waals surface area contributed by atoms with E-state index in [1.54, 1.807) is 12.4 Å². The zero-order valence-electron chi connectivity index (χ0n) is 13.3. The van der Waals surface area contributed by atoms with Gasteiger partial charge in [0.2, 0.25) is 0 Å². The molecule has 1 saturated heterocycles. The third-order valence-electron chi connectivity index (χ3n) is 3.73. The first kappa shape index (κ1) is 14.9. The van der Waals surface area contributed by atoms with E-state index in [0.29, 0.717) is 6.61 Å². The standard InChI is InChI=1S/C15H22N6O/c1-19(2)15-14(16-4-5-17-15)13-10-21(6-7-22-13)9-12-8-20(3)11-18-12/h4-5,8,11,13H,6-7,9-10H2,1-3H3. The van der Waals surface area contributed by atoms with Crippen molar-refractivity contribution in [2.24, 2.45) is 7.05 Å². The van der Waals surface area contributed by atoms with Gasteiger partial charge >= 0.3 is 0 Å². The van der Waals surface area contributed by atoms with Crippen LogP contribution in [0.5, 0.6) is 0 Å². The lowest BCUT2D eigenvalue weighted by Crippen LogP contribution is -2.38. The van der Waals surface area contributed by atoms with Gasteiger partial charge in [-0.05, 0) is 0 Å². The molecular formula is C15H22N6O. The fourth-order valence-corrected chi connectivity index (χ4v) is 2.70. The Hall–Kier alpha value is -1.99. The summed E-state index contributed by atoms with van der Waals surface area (Å²) in [5, 5.41) is 0. The molecule has 1 unspecified atom stereocenters. The molecule has 0 spiro atoms. The molecule has 0 aliphatic carbocycles. The summed E-state index contributed by atoms with van der Waals surface area (Å²) in [7, 11) is 5.94. The van der Waals surface area contributed by atoms with Crippen LogP contribution in [0.1, 0.15) is 17.5 Å². The first-order valence-corrected chi connectivity index (χ1v) is 7.42. The van der Waals surface area contributed by atoms with Crippen LogP contribution in [-0.4, -0.2) is 58.2 Å². The maximum absolute atomic E-state index is 5.93. The van der Waals surface area contributed by atoms with E-state index in [1.807, 2.05) is 36.9 Å². The molecule has 0 aromatic carbocycles. The Morgan fingerprint density at radius 3 is 2.82 bits per heavy atom. The van der Waals surface area contributed by atoms with Crippen molar-refractivity contribution in [1.82, 2.24) is 24.4 Å². The molecule has 1 aliphatic rings. The fourth-order valence-electron chi connectivity index (χ4n) is 2.70. The predicted molar refractivity (Wildman–Crippen MR) is 83.5 cm³/mol. The van der Waals surface area contributed by atoms with Crippen LogP contribution in [0.15, 0.2) is 24.9 Å². The molecule has 1 atom stereocenters. The fraction of sp³-hybridized carbons (Fsp3) is 0.533. The van der Waals surface area contributed by atoms with E-state index >= 15 is 0 Å². The van der Waals surface area contributed by atoms with E-state index in [9.17, 15) is 0 Å². The highest BCUT2D eigenvalue weighted by Crippen LogP contribution is 2.26. The molecule has 0 bridgehead atoms. The lowest BCUT2D eigenvalue weighted by atomic mass is 10.2. The number of morpholine rings is 1.